The van der Waals surface area contributed by atoms with Crippen LogP contribution in [-0.4, -0.2) is 60.9 Å². The fourth-order valence-corrected chi connectivity index (χ4v) is 3.38. The normalized spacial score (nSPS) is 27.8. The highest BCUT2D eigenvalue weighted by atomic mass is 19.1. The largest absolute Gasteiger partial charge is 0.395 e. The van der Waals surface area contributed by atoms with Crippen molar-refractivity contribution in [2.24, 2.45) is 7.05 Å². The van der Waals surface area contributed by atoms with Crippen molar-refractivity contribution in [1.29, 1.82) is 0 Å². The van der Waals surface area contributed by atoms with E-state index in [2.05, 4.69) is 5.10 Å². The van der Waals surface area contributed by atoms with Crippen LogP contribution in [0.4, 0.5) is 4.39 Å². The van der Waals surface area contributed by atoms with Crippen LogP contribution in [0.25, 0.3) is 11.3 Å². The van der Waals surface area contributed by atoms with E-state index in [4.69, 9.17) is 0 Å². The highest BCUT2D eigenvalue weighted by molar-refractivity contribution is 5.62. The minimum Gasteiger partial charge on any atom is -0.395 e. The average molecular weight is 335 g/mol. The van der Waals surface area contributed by atoms with E-state index in [9.17, 15) is 19.7 Å². The summed E-state index contributed by atoms with van der Waals surface area (Å²) in [5.41, 5.74) is 2.40. The predicted molar refractivity (Wildman–Crippen MR) is 86.5 cm³/mol. The maximum atomic E-state index is 13.2. The van der Waals surface area contributed by atoms with E-state index in [1.807, 2.05) is 18.0 Å². The van der Waals surface area contributed by atoms with Crippen LogP contribution in [0.15, 0.2) is 30.5 Å². The van der Waals surface area contributed by atoms with Crippen LogP contribution in [0.2, 0.25) is 0 Å². The smallest absolute Gasteiger partial charge is 0.123 e. The number of halogens is 1. The van der Waals surface area contributed by atoms with Gasteiger partial charge in [0.05, 0.1) is 30.6 Å². The van der Waals surface area contributed by atoms with Crippen molar-refractivity contribution in [3.8, 4) is 11.3 Å². The van der Waals surface area contributed by atoms with E-state index in [0.29, 0.717) is 6.54 Å². The predicted octanol–water partition coefficient (Wildman–Crippen LogP) is 0.513. The second-order valence-electron chi connectivity index (χ2n) is 6.33. The van der Waals surface area contributed by atoms with Gasteiger partial charge in [0.2, 0.25) is 0 Å². The number of likely N-dealkylation sites (tertiary alicyclic amines) is 1. The van der Waals surface area contributed by atoms with Gasteiger partial charge in [0.1, 0.15) is 5.82 Å². The fourth-order valence-electron chi connectivity index (χ4n) is 3.38. The van der Waals surface area contributed by atoms with Gasteiger partial charge in [0.25, 0.3) is 0 Å². The van der Waals surface area contributed by atoms with Crippen LogP contribution >= 0.6 is 0 Å². The molecule has 1 saturated heterocycles. The molecule has 2 heterocycles. The minimum atomic E-state index is -0.990. The van der Waals surface area contributed by atoms with Gasteiger partial charge in [-0.1, -0.05) is 0 Å². The summed E-state index contributed by atoms with van der Waals surface area (Å²) >= 11 is 0. The fraction of sp³-hybridized carbons (Fsp3) is 0.471. The zero-order valence-electron chi connectivity index (χ0n) is 13.7. The lowest BCUT2D eigenvalue weighted by atomic mass is 10.1. The molecule has 24 heavy (non-hydrogen) atoms. The zero-order chi connectivity index (χ0) is 17.4. The number of aliphatic hydroxyl groups is 3. The van der Waals surface area contributed by atoms with Crippen molar-refractivity contribution in [3.63, 3.8) is 0 Å². The Labute approximate surface area is 139 Å². The number of aromatic nitrogens is 2. The minimum absolute atomic E-state index is 0.241. The summed E-state index contributed by atoms with van der Waals surface area (Å²) in [6.07, 6.45) is -0.0410. The van der Waals surface area contributed by atoms with Crippen LogP contribution in [0, 0.1) is 5.82 Å². The Morgan fingerprint density at radius 3 is 2.46 bits per heavy atom. The molecule has 3 N–H and O–H groups in total. The quantitative estimate of drug-likeness (QED) is 0.759. The summed E-state index contributed by atoms with van der Waals surface area (Å²) in [4.78, 5) is 1.87. The summed E-state index contributed by atoms with van der Waals surface area (Å²) in [5.74, 6) is -0.309. The molecule has 1 aliphatic rings. The standard InChI is InChI=1S/C17H22FN3O3/c1-10-16(23)17(24)14(9-22)21(10)8-12-7-20(2)19-15(12)11-3-5-13(18)6-4-11/h3-7,10,14,16-17,22-24H,8-9H2,1-2H3/t10-,14+,16-,17+/m0/s1. The van der Waals surface area contributed by atoms with Crippen molar-refractivity contribution >= 4 is 0 Å². The van der Waals surface area contributed by atoms with E-state index in [-0.39, 0.29) is 18.5 Å². The molecule has 0 radical (unpaired) electrons. The van der Waals surface area contributed by atoms with Crippen molar-refractivity contribution < 1.29 is 19.7 Å². The van der Waals surface area contributed by atoms with Crippen LogP contribution in [0.3, 0.4) is 0 Å². The summed E-state index contributed by atoms with van der Waals surface area (Å²) in [6.45, 7) is 1.99. The molecule has 0 bridgehead atoms. The van der Waals surface area contributed by atoms with Crippen LogP contribution < -0.4 is 0 Å². The first kappa shape index (κ1) is 17.0. The molecule has 1 fully saturated rings. The second-order valence-corrected chi connectivity index (χ2v) is 6.33. The molecule has 4 atom stereocenters. The molecule has 3 rings (SSSR count). The summed E-state index contributed by atoms with van der Waals surface area (Å²) in [6, 6.07) is 5.28. The lowest BCUT2D eigenvalue weighted by molar-refractivity contribution is 0.0186. The monoisotopic (exact) mass is 335 g/mol. The lowest BCUT2D eigenvalue weighted by Gasteiger charge is -2.27. The van der Waals surface area contributed by atoms with Gasteiger partial charge in [0.15, 0.2) is 0 Å². The van der Waals surface area contributed by atoms with Crippen molar-refractivity contribution in [2.45, 2.75) is 37.8 Å². The van der Waals surface area contributed by atoms with Crippen LogP contribution in [0.5, 0.6) is 0 Å². The summed E-state index contributed by atoms with van der Waals surface area (Å²) in [5, 5.41) is 34.2. The van der Waals surface area contributed by atoms with Gasteiger partial charge in [0, 0.05) is 37.0 Å². The molecule has 2 aromatic rings. The first-order chi connectivity index (χ1) is 11.4. The SMILES string of the molecule is C[C@H]1[C@H](O)[C@H](O)[C@@H](CO)N1Cc1cn(C)nc1-c1ccc(F)cc1. The molecule has 1 aromatic heterocycles. The van der Waals surface area contributed by atoms with Crippen LogP contribution in [0.1, 0.15) is 12.5 Å². The third kappa shape index (κ3) is 2.95. The van der Waals surface area contributed by atoms with Gasteiger partial charge in [-0.25, -0.2) is 4.39 Å². The van der Waals surface area contributed by atoms with E-state index in [1.54, 1.807) is 23.9 Å². The molecule has 0 unspecified atom stereocenters. The highest BCUT2D eigenvalue weighted by Crippen LogP contribution is 2.30. The molecule has 0 aliphatic carbocycles. The van der Waals surface area contributed by atoms with E-state index in [1.165, 1.54) is 12.1 Å². The number of hydrogen-bond donors (Lipinski definition) is 3. The molecule has 1 aliphatic heterocycles. The van der Waals surface area contributed by atoms with E-state index >= 15 is 0 Å². The molecule has 7 heteroatoms. The highest BCUT2D eigenvalue weighted by Gasteiger charge is 2.45. The number of aryl methyl sites for hydroxylation is 1. The van der Waals surface area contributed by atoms with Gasteiger partial charge < -0.3 is 15.3 Å². The Kier molecular flexibility index (Phi) is 4.69. The first-order valence-electron chi connectivity index (χ1n) is 7.93. The van der Waals surface area contributed by atoms with Gasteiger partial charge in [-0.15, -0.1) is 0 Å². The number of hydrogen-bond acceptors (Lipinski definition) is 5. The average Bonchev–Trinajstić information content (AvgIpc) is 3.02. The van der Waals surface area contributed by atoms with E-state index in [0.717, 1.165) is 16.8 Å². The summed E-state index contributed by atoms with van der Waals surface area (Å²) in [7, 11) is 1.80. The first-order valence-corrected chi connectivity index (χ1v) is 7.93. The molecular weight excluding hydrogens is 313 g/mol. The maximum Gasteiger partial charge on any atom is 0.123 e. The lowest BCUT2D eigenvalue weighted by Crippen LogP contribution is -2.40. The van der Waals surface area contributed by atoms with Gasteiger partial charge in [-0.05, 0) is 31.2 Å². The molecule has 6 nitrogen and oxygen atoms in total. The number of benzene rings is 1. The van der Waals surface area contributed by atoms with Gasteiger partial charge in [-0.3, -0.25) is 9.58 Å². The number of aliphatic hydroxyl groups excluding tert-OH is 3. The Bertz CT molecular complexity index is 704. The Morgan fingerprint density at radius 1 is 1.17 bits per heavy atom. The van der Waals surface area contributed by atoms with Gasteiger partial charge in [-0.2, -0.15) is 5.10 Å². The molecule has 130 valence electrons. The third-order valence-corrected chi connectivity index (χ3v) is 4.75. The van der Waals surface area contributed by atoms with Crippen LogP contribution in [-0.2, 0) is 13.6 Å². The van der Waals surface area contributed by atoms with Gasteiger partial charge >= 0.3 is 0 Å². The molecular formula is C17H22FN3O3. The molecule has 0 saturated carbocycles. The Balaban J connectivity index is 1.92. The number of nitrogens with zero attached hydrogens (tertiary/aromatic N) is 3. The van der Waals surface area contributed by atoms with Crippen molar-refractivity contribution in [2.75, 3.05) is 6.61 Å². The zero-order valence-corrected chi connectivity index (χ0v) is 13.7. The number of rotatable bonds is 4. The molecule has 0 amide bonds. The Hall–Kier alpha value is -1.80. The third-order valence-electron chi connectivity index (χ3n) is 4.75. The topological polar surface area (TPSA) is 81.8 Å². The molecule has 1 aromatic carbocycles. The maximum absolute atomic E-state index is 13.2. The summed E-state index contributed by atoms with van der Waals surface area (Å²) < 4.78 is 14.8. The molecule has 0 spiro atoms. The second kappa shape index (κ2) is 6.60. The Morgan fingerprint density at radius 2 is 1.83 bits per heavy atom. The van der Waals surface area contributed by atoms with Crippen molar-refractivity contribution in [3.05, 3.63) is 41.8 Å². The van der Waals surface area contributed by atoms with E-state index < -0.39 is 18.2 Å². The van der Waals surface area contributed by atoms with Crippen molar-refractivity contribution in [1.82, 2.24) is 14.7 Å².